The fraction of sp³-hybridized carbons (Fsp3) is 0.538. The molecule has 146 valence electrons. The quantitative estimate of drug-likeness (QED) is 0.286. The van der Waals surface area contributed by atoms with E-state index in [0.29, 0.717) is 0 Å². The van der Waals surface area contributed by atoms with Gasteiger partial charge in [0.2, 0.25) is 0 Å². The number of nitrogens with two attached hydrogens (primary N) is 1. The molecule has 1 saturated heterocycles. The van der Waals surface area contributed by atoms with E-state index in [2.05, 4.69) is 24.5 Å². The standard InChI is InChI=1S/C13H16N6O8/c1-2-25-13(22)7(21)8-6(20)9(27-19(23)24)12(26-8)18-4-17-5-10(14)15-3-16-11(5)18/h3-4,6-9,12,20-21H,2H2,1H3,(H2,14,15,16)/t6-,7?,8+,9-,12-/m1/s1. The van der Waals surface area contributed by atoms with Gasteiger partial charge in [-0.2, -0.15) is 0 Å². The van der Waals surface area contributed by atoms with Crippen LogP contribution in [-0.2, 0) is 19.1 Å². The number of nitrogen functional groups attached to an aromatic ring is 1. The molecule has 2 aromatic heterocycles. The van der Waals surface area contributed by atoms with Gasteiger partial charge in [-0.1, -0.05) is 0 Å². The predicted octanol–water partition coefficient (Wildman–Crippen LogP) is -1.83. The van der Waals surface area contributed by atoms with E-state index in [0.717, 1.165) is 6.33 Å². The van der Waals surface area contributed by atoms with Gasteiger partial charge in [-0.25, -0.2) is 19.7 Å². The summed E-state index contributed by atoms with van der Waals surface area (Å²) >= 11 is 0. The number of nitrogens with zero attached hydrogens (tertiary/aromatic N) is 5. The van der Waals surface area contributed by atoms with Gasteiger partial charge in [-0.05, 0) is 6.92 Å². The number of carbonyl (C=O) groups is 1. The topological polar surface area (TPSA) is 198 Å². The highest BCUT2D eigenvalue weighted by Crippen LogP contribution is 2.35. The van der Waals surface area contributed by atoms with Crippen molar-refractivity contribution in [3.05, 3.63) is 22.8 Å². The molecule has 0 spiro atoms. The Labute approximate surface area is 150 Å². The maximum atomic E-state index is 11.8. The van der Waals surface area contributed by atoms with E-state index >= 15 is 0 Å². The summed E-state index contributed by atoms with van der Waals surface area (Å²) in [6.45, 7) is 1.51. The van der Waals surface area contributed by atoms with Gasteiger partial charge < -0.3 is 30.3 Å². The molecule has 0 aromatic carbocycles. The molecule has 1 aliphatic rings. The van der Waals surface area contributed by atoms with Crippen LogP contribution in [0.3, 0.4) is 0 Å². The lowest BCUT2D eigenvalue weighted by Crippen LogP contribution is -2.44. The summed E-state index contributed by atoms with van der Waals surface area (Å²) in [5, 5.41) is 30.2. The number of carbonyl (C=O) groups excluding carboxylic acids is 1. The van der Waals surface area contributed by atoms with Crippen LogP contribution in [0.5, 0.6) is 0 Å². The minimum Gasteiger partial charge on any atom is -0.464 e. The Kier molecular flexibility index (Phi) is 5.02. The summed E-state index contributed by atoms with van der Waals surface area (Å²) in [6, 6.07) is 0. The van der Waals surface area contributed by atoms with Crippen LogP contribution in [0.1, 0.15) is 13.2 Å². The first-order chi connectivity index (χ1) is 12.8. The van der Waals surface area contributed by atoms with Gasteiger partial charge in [0.05, 0.1) is 12.9 Å². The number of aliphatic hydroxyl groups excluding tert-OH is 2. The lowest BCUT2D eigenvalue weighted by molar-refractivity contribution is -0.772. The predicted molar refractivity (Wildman–Crippen MR) is 84.2 cm³/mol. The molecule has 0 bridgehead atoms. The highest BCUT2D eigenvalue weighted by molar-refractivity contribution is 5.81. The fourth-order valence-electron chi connectivity index (χ4n) is 2.79. The number of hydrogen-bond donors (Lipinski definition) is 3. The fourth-order valence-corrected chi connectivity index (χ4v) is 2.79. The van der Waals surface area contributed by atoms with Crippen molar-refractivity contribution in [2.24, 2.45) is 0 Å². The van der Waals surface area contributed by atoms with Crippen LogP contribution in [0, 0.1) is 10.1 Å². The Balaban J connectivity index is 1.97. The van der Waals surface area contributed by atoms with Crippen molar-refractivity contribution in [2.45, 2.75) is 37.6 Å². The van der Waals surface area contributed by atoms with Crippen molar-refractivity contribution in [3.63, 3.8) is 0 Å². The van der Waals surface area contributed by atoms with E-state index in [1.165, 1.54) is 17.8 Å². The van der Waals surface area contributed by atoms with Gasteiger partial charge in [0.25, 0.3) is 5.09 Å². The number of esters is 1. The summed E-state index contributed by atoms with van der Waals surface area (Å²) in [6.07, 6.45) is -5.72. The van der Waals surface area contributed by atoms with E-state index in [1.54, 1.807) is 0 Å². The lowest BCUT2D eigenvalue weighted by Gasteiger charge is -2.19. The molecule has 0 radical (unpaired) electrons. The second-order valence-corrected chi connectivity index (χ2v) is 5.56. The van der Waals surface area contributed by atoms with Crippen LogP contribution in [0.25, 0.3) is 11.2 Å². The van der Waals surface area contributed by atoms with Crippen LogP contribution in [0.15, 0.2) is 12.7 Å². The highest BCUT2D eigenvalue weighted by Gasteiger charge is 2.52. The van der Waals surface area contributed by atoms with Crippen molar-refractivity contribution in [1.29, 1.82) is 0 Å². The van der Waals surface area contributed by atoms with E-state index < -0.39 is 41.7 Å². The molecule has 0 amide bonds. The summed E-state index contributed by atoms with van der Waals surface area (Å²) in [5.41, 5.74) is 6.06. The summed E-state index contributed by atoms with van der Waals surface area (Å²) in [4.78, 5) is 38.9. The van der Waals surface area contributed by atoms with Gasteiger partial charge in [-0.3, -0.25) is 4.57 Å². The molecule has 0 saturated carbocycles. The molecule has 14 heteroatoms. The van der Waals surface area contributed by atoms with E-state index in [1.807, 2.05) is 0 Å². The van der Waals surface area contributed by atoms with Gasteiger partial charge in [0.1, 0.15) is 24.1 Å². The first kappa shape index (κ1) is 18.7. The third kappa shape index (κ3) is 3.32. The lowest BCUT2D eigenvalue weighted by atomic mass is 10.1. The Morgan fingerprint density at radius 1 is 1.52 bits per heavy atom. The minimum atomic E-state index is -1.89. The molecule has 3 rings (SSSR count). The molecular weight excluding hydrogens is 368 g/mol. The average Bonchev–Trinajstić information content (AvgIpc) is 3.17. The number of hydrogen-bond acceptors (Lipinski definition) is 12. The third-order valence-electron chi connectivity index (χ3n) is 3.96. The van der Waals surface area contributed by atoms with Crippen molar-refractivity contribution in [2.75, 3.05) is 12.3 Å². The molecule has 2 aromatic rings. The second-order valence-electron chi connectivity index (χ2n) is 5.56. The van der Waals surface area contributed by atoms with Gasteiger partial charge >= 0.3 is 5.97 Å². The van der Waals surface area contributed by atoms with Gasteiger partial charge in [0.15, 0.2) is 29.9 Å². The summed E-state index contributed by atoms with van der Waals surface area (Å²) in [7, 11) is 0. The number of anilines is 1. The van der Waals surface area contributed by atoms with E-state index in [9.17, 15) is 25.1 Å². The van der Waals surface area contributed by atoms with Crippen LogP contribution < -0.4 is 5.73 Å². The first-order valence-corrected chi connectivity index (χ1v) is 7.77. The monoisotopic (exact) mass is 384 g/mol. The molecule has 1 aliphatic heterocycles. The van der Waals surface area contributed by atoms with Crippen molar-refractivity contribution in [3.8, 4) is 0 Å². The zero-order valence-corrected chi connectivity index (χ0v) is 13.9. The van der Waals surface area contributed by atoms with Crippen LogP contribution >= 0.6 is 0 Å². The van der Waals surface area contributed by atoms with E-state index in [4.69, 9.17) is 10.5 Å². The number of aliphatic hydroxyl groups is 2. The molecule has 1 fully saturated rings. The highest BCUT2D eigenvalue weighted by atomic mass is 17.0. The van der Waals surface area contributed by atoms with Gasteiger partial charge in [-0.15, -0.1) is 10.1 Å². The molecule has 27 heavy (non-hydrogen) atoms. The number of aromatic nitrogens is 4. The molecule has 4 N–H and O–H groups in total. The Bertz CT molecular complexity index is 858. The second kappa shape index (κ2) is 7.26. The third-order valence-corrected chi connectivity index (χ3v) is 3.96. The van der Waals surface area contributed by atoms with Crippen molar-refractivity contribution >= 4 is 23.0 Å². The number of fused-ring (bicyclic) bond motifs is 1. The molecule has 3 heterocycles. The van der Waals surface area contributed by atoms with Crippen molar-refractivity contribution < 1.29 is 34.4 Å². The first-order valence-electron chi connectivity index (χ1n) is 7.77. The van der Waals surface area contributed by atoms with Gasteiger partial charge in [0, 0.05) is 0 Å². The summed E-state index contributed by atoms with van der Waals surface area (Å²) < 4.78 is 11.4. The number of imidazole rings is 1. The SMILES string of the molecule is CCOC(=O)C(O)[C@H]1O[C@@H](n2cnc3c(N)ncnc32)[C@H](O[N+](=O)[O-])[C@@H]1O. The molecule has 0 aliphatic carbocycles. The average molecular weight is 384 g/mol. The summed E-state index contributed by atoms with van der Waals surface area (Å²) in [5.74, 6) is -0.990. The normalized spacial score (nSPS) is 26.0. The zero-order chi connectivity index (χ0) is 19.7. The maximum Gasteiger partial charge on any atom is 0.337 e. The zero-order valence-electron chi connectivity index (χ0n) is 13.9. The van der Waals surface area contributed by atoms with E-state index in [-0.39, 0.29) is 23.6 Å². The molecular formula is C13H16N6O8. The molecule has 14 nitrogen and oxygen atoms in total. The largest absolute Gasteiger partial charge is 0.464 e. The number of ether oxygens (including phenoxy) is 2. The van der Waals surface area contributed by atoms with Crippen molar-refractivity contribution in [1.82, 2.24) is 19.5 Å². The Morgan fingerprint density at radius 2 is 2.26 bits per heavy atom. The Morgan fingerprint density at radius 3 is 2.93 bits per heavy atom. The molecule has 1 unspecified atom stereocenters. The Hall–Kier alpha value is -3.10. The van der Waals surface area contributed by atoms with Crippen LogP contribution in [0.4, 0.5) is 5.82 Å². The van der Waals surface area contributed by atoms with Crippen LogP contribution in [0.2, 0.25) is 0 Å². The maximum absolute atomic E-state index is 11.8. The minimum absolute atomic E-state index is 0.0146. The number of rotatable bonds is 6. The molecule has 5 atom stereocenters. The smallest absolute Gasteiger partial charge is 0.337 e. The van der Waals surface area contributed by atoms with Crippen LogP contribution in [-0.4, -0.2) is 71.8 Å².